The third kappa shape index (κ3) is 3.55. The molecule has 2 atom stereocenters. The summed E-state index contributed by atoms with van der Waals surface area (Å²) in [5.41, 5.74) is -3.59. The molecular weight excluding hydrogens is 333 g/mol. The van der Waals surface area contributed by atoms with E-state index in [9.17, 15) is 33.4 Å². The van der Waals surface area contributed by atoms with Gasteiger partial charge in [0, 0.05) is 12.1 Å². The van der Waals surface area contributed by atoms with Gasteiger partial charge in [-0.3, -0.25) is 20.2 Å². The zero-order valence-electron chi connectivity index (χ0n) is 12.9. The van der Waals surface area contributed by atoms with Crippen molar-refractivity contribution in [2.24, 2.45) is 0 Å². The summed E-state index contributed by atoms with van der Waals surface area (Å²) in [7, 11) is 0. The summed E-state index contributed by atoms with van der Waals surface area (Å²) in [6.45, 7) is 4.20. The molecule has 11 heteroatoms. The molecule has 2 rings (SSSR count). The summed E-state index contributed by atoms with van der Waals surface area (Å²) in [5, 5.41) is 24.5. The number of anilines is 1. The highest BCUT2D eigenvalue weighted by Gasteiger charge is 2.40. The lowest BCUT2D eigenvalue weighted by Crippen LogP contribution is -2.99. The van der Waals surface area contributed by atoms with Gasteiger partial charge in [-0.25, -0.2) is 0 Å². The first kappa shape index (κ1) is 17.9. The lowest BCUT2D eigenvalue weighted by atomic mass is 10.1. The van der Waals surface area contributed by atoms with Gasteiger partial charge in [0.15, 0.2) is 5.69 Å². The predicted octanol–water partition coefficient (Wildman–Crippen LogP) is 1.68. The molecule has 0 saturated carbocycles. The van der Waals surface area contributed by atoms with Crippen molar-refractivity contribution < 1.29 is 28.3 Å². The molecule has 0 bridgehead atoms. The summed E-state index contributed by atoms with van der Waals surface area (Å²) in [5.74, 6) is 0. The van der Waals surface area contributed by atoms with Crippen LogP contribution in [0.15, 0.2) is 12.1 Å². The molecule has 0 aliphatic carbocycles. The Balaban J connectivity index is 2.68. The highest BCUT2D eigenvalue weighted by atomic mass is 19.4. The van der Waals surface area contributed by atoms with Gasteiger partial charge in [0.2, 0.25) is 0 Å². The van der Waals surface area contributed by atoms with Gasteiger partial charge in [0.05, 0.1) is 28.5 Å². The fourth-order valence-corrected chi connectivity index (χ4v) is 3.01. The summed E-state index contributed by atoms with van der Waals surface area (Å²) in [4.78, 5) is 21.9. The molecule has 1 heterocycles. The summed E-state index contributed by atoms with van der Waals surface area (Å²) in [6, 6.07) is 0.705. The van der Waals surface area contributed by atoms with E-state index >= 15 is 0 Å². The lowest BCUT2D eigenvalue weighted by Gasteiger charge is -2.34. The van der Waals surface area contributed by atoms with Crippen molar-refractivity contribution in [2.75, 3.05) is 18.0 Å². The van der Waals surface area contributed by atoms with Crippen LogP contribution in [0.1, 0.15) is 19.4 Å². The topological polar surface area (TPSA) is 106 Å². The highest BCUT2D eigenvalue weighted by molar-refractivity contribution is 5.76. The van der Waals surface area contributed by atoms with E-state index in [1.165, 1.54) is 4.90 Å². The summed E-state index contributed by atoms with van der Waals surface area (Å²) < 4.78 is 38.7. The molecule has 2 N–H and O–H groups in total. The van der Waals surface area contributed by atoms with E-state index in [4.69, 9.17) is 0 Å². The maximum Gasteiger partial charge on any atom is 0.416 e. The fourth-order valence-electron chi connectivity index (χ4n) is 3.01. The van der Waals surface area contributed by atoms with Crippen LogP contribution < -0.4 is 10.2 Å². The van der Waals surface area contributed by atoms with Crippen LogP contribution in [0.2, 0.25) is 0 Å². The molecule has 0 amide bonds. The van der Waals surface area contributed by atoms with Crippen LogP contribution in [-0.2, 0) is 6.18 Å². The van der Waals surface area contributed by atoms with Crippen LogP contribution >= 0.6 is 0 Å². The fraction of sp³-hybridized carbons (Fsp3) is 0.538. The van der Waals surface area contributed by atoms with Crippen LogP contribution in [0.25, 0.3) is 0 Å². The van der Waals surface area contributed by atoms with Gasteiger partial charge < -0.3 is 10.2 Å². The van der Waals surface area contributed by atoms with E-state index in [0.717, 1.165) is 0 Å². The van der Waals surface area contributed by atoms with Crippen molar-refractivity contribution in [2.45, 2.75) is 32.1 Å². The Labute approximate surface area is 134 Å². The van der Waals surface area contributed by atoms with Crippen molar-refractivity contribution in [3.8, 4) is 0 Å². The third-order valence-electron chi connectivity index (χ3n) is 3.78. The maximum atomic E-state index is 12.9. The quantitative estimate of drug-likeness (QED) is 0.660. The first-order chi connectivity index (χ1) is 11.0. The minimum atomic E-state index is -4.91. The summed E-state index contributed by atoms with van der Waals surface area (Å²) in [6.07, 6.45) is -4.91. The van der Waals surface area contributed by atoms with Crippen molar-refractivity contribution in [3.63, 3.8) is 0 Å². The van der Waals surface area contributed by atoms with Crippen molar-refractivity contribution in [1.29, 1.82) is 0 Å². The largest absolute Gasteiger partial charge is 0.416 e. The van der Waals surface area contributed by atoms with Gasteiger partial charge in [-0.1, -0.05) is 0 Å². The minimum absolute atomic E-state index is 0.00440. The molecule has 1 aliphatic heterocycles. The number of quaternary nitrogens is 1. The molecule has 1 saturated heterocycles. The number of nitrogens with zero attached hydrogens (tertiary/aromatic N) is 3. The smallest absolute Gasteiger partial charge is 0.348 e. The molecule has 1 fully saturated rings. The standard InChI is InChI=1S/C13H15F3N4O4/c1-7-5-18(6-8(2)17-7)12-10(19(21)22)3-9(13(14,15)16)4-11(12)20(23)24/h3-4,7-8,17H,5-6H2,1-2H3/p+1/t7-,8-/m0/s1. The second kappa shape index (κ2) is 6.23. The average Bonchev–Trinajstić information content (AvgIpc) is 2.43. The number of halogens is 3. The molecule has 1 aromatic carbocycles. The van der Waals surface area contributed by atoms with E-state index in [-0.39, 0.29) is 30.9 Å². The molecule has 0 aromatic heterocycles. The Morgan fingerprint density at radius 1 is 1.08 bits per heavy atom. The Hall–Kier alpha value is -2.43. The monoisotopic (exact) mass is 349 g/mol. The minimum Gasteiger partial charge on any atom is -0.348 e. The van der Waals surface area contributed by atoms with Crippen molar-refractivity contribution >= 4 is 17.1 Å². The van der Waals surface area contributed by atoms with Crippen LogP contribution in [0.5, 0.6) is 0 Å². The van der Waals surface area contributed by atoms with E-state index in [0.29, 0.717) is 12.1 Å². The number of benzene rings is 1. The van der Waals surface area contributed by atoms with E-state index in [2.05, 4.69) is 0 Å². The lowest BCUT2D eigenvalue weighted by molar-refractivity contribution is -0.716. The zero-order chi connectivity index (χ0) is 18.2. The van der Waals surface area contributed by atoms with E-state index in [1.54, 1.807) is 0 Å². The normalized spacial score (nSPS) is 21.6. The molecule has 1 aromatic rings. The predicted molar refractivity (Wildman–Crippen MR) is 77.8 cm³/mol. The summed E-state index contributed by atoms with van der Waals surface area (Å²) >= 11 is 0. The number of hydrogen-bond donors (Lipinski definition) is 1. The number of alkyl halides is 3. The number of hydrogen-bond acceptors (Lipinski definition) is 5. The Morgan fingerprint density at radius 3 is 1.83 bits per heavy atom. The second-order valence-electron chi connectivity index (χ2n) is 5.93. The van der Waals surface area contributed by atoms with Gasteiger partial charge in [0.25, 0.3) is 11.4 Å². The van der Waals surface area contributed by atoms with Crippen molar-refractivity contribution in [3.05, 3.63) is 37.9 Å². The van der Waals surface area contributed by atoms with Gasteiger partial charge in [-0.15, -0.1) is 0 Å². The number of nitrogens with two attached hydrogens (primary N) is 1. The molecule has 0 radical (unpaired) electrons. The van der Waals surface area contributed by atoms with Crippen LogP contribution in [0, 0.1) is 20.2 Å². The van der Waals surface area contributed by atoms with Crippen LogP contribution in [-0.4, -0.2) is 35.0 Å². The third-order valence-corrected chi connectivity index (χ3v) is 3.78. The SMILES string of the molecule is C[C@H]1CN(c2c([N+](=O)[O-])cc(C(F)(F)F)cc2[N+](=O)[O-])C[C@H](C)[NH2+]1. The second-order valence-corrected chi connectivity index (χ2v) is 5.93. The van der Waals surface area contributed by atoms with Crippen LogP contribution in [0.3, 0.4) is 0 Å². The molecule has 0 spiro atoms. The average molecular weight is 349 g/mol. The molecule has 132 valence electrons. The number of rotatable bonds is 3. The van der Waals surface area contributed by atoms with Crippen molar-refractivity contribution in [1.82, 2.24) is 0 Å². The molecule has 8 nitrogen and oxygen atoms in total. The highest BCUT2D eigenvalue weighted by Crippen LogP contribution is 2.43. The maximum absolute atomic E-state index is 12.9. The molecule has 1 aliphatic rings. The van der Waals surface area contributed by atoms with Gasteiger partial charge >= 0.3 is 6.18 Å². The van der Waals surface area contributed by atoms with E-state index in [1.807, 2.05) is 19.2 Å². The Morgan fingerprint density at radius 2 is 1.50 bits per heavy atom. The van der Waals surface area contributed by atoms with Gasteiger partial charge in [-0.2, -0.15) is 13.2 Å². The van der Waals surface area contributed by atoms with E-state index < -0.39 is 33.0 Å². The molecular formula is C13H16F3N4O4+. The number of nitro benzene ring substituents is 2. The Bertz CT molecular complexity index is 635. The van der Waals surface area contributed by atoms with Gasteiger partial charge in [-0.05, 0) is 13.8 Å². The first-order valence-electron chi connectivity index (χ1n) is 7.14. The first-order valence-corrected chi connectivity index (χ1v) is 7.14. The number of piperazine rings is 1. The number of nitro groups is 2. The molecule has 0 unspecified atom stereocenters. The zero-order valence-corrected chi connectivity index (χ0v) is 12.9. The Kier molecular flexibility index (Phi) is 4.65. The van der Waals surface area contributed by atoms with Crippen LogP contribution in [0.4, 0.5) is 30.2 Å². The molecule has 24 heavy (non-hydrogen) atoms. The van der Waals surface area contributed by atoms with Gasteiger partial charge in [0.1, 0.15) is 12.1 Å².